The summed E-state index contributed by atoms with van der Waals surface area (Å²) in [6.45, 7) is 2.14. The van der Waals surface area contributed by atoms with Gasteiger partial charge >= 0.3 is 6.03 Å². The van der Waals surface area contributed by atoms with Crippen LogP contribution in [0.15, 0.2) is 48.5 Å². The van der Waals surface area contributed by atoms with Gasteiger partial charge in [0.25, 0.3) is 0 Å². The maximum Gasteiger partial charge on any atom is 0.315 e. The standard InChI is InChI=1S/C20H21N5O/c1-13-22-19(25-24-13)12-21-20(26)23-18-10-9-15-7-8-16(11-17(15)18)14-5-3-2-4-6-14/h2-8,11,18H,9-10,12H2,1H3,(H2,21,23,26)(H,22,24,25). The lowest BCUT2D eigenvalue weighted by Gasteiger charge is -2.15. The Kier molecular flexibility index (Phi) is 4.39. The molecular weight excluding hydrogens is 326 g/mol. The van der Waals surface area contributed by atoms with Crippen LogP contribution in [0, 0.1) is 6.92 Å². The first kappa shape index (κ1) is 16.3. The predicted octanol–water partition coefficient (Wildman–Crippen LogP) is 3.27. The Balaban J connectivity index is 1.44. The average Bonchev–Trinajstić information content (AvgIpc) is 3.26. The fourth-order valence-electron chi connectivity index (χ4n) is 3.40. The quantitative estimate of drug-likeness (QED) is 0.677. The molecule has 0 saturated heterocycles. The Morgan fingerprint density at radius 1 is 1.19 bits per heavy atom. The summed E-state index contributed by atoms with van der Waals surface area (Å²) in [6.07, 6.45) is 1.90. The van der Waals surface area contributed by atoms with Gasteiger partial charge in [0.05, 0.1) is 12.6 Å². The molecule has 0 aliphatic heterocycles. The summed E-state index contributed by atoms with van der Waals surface area (Å²) in [7, 11) is 0. The molecule has 1 unspecified atom stereocenters. The maximum atomic E-state index is 12.3. The minimum atomic E-state index is -0.199. The molecule has 4 rings (SSSR count). The van der Waals surface area contributed by atoms with E-state index in [-0.39, 0.29) is 12.1 Å². The minimum Gasteiger partial charge on any atom is -0.331 e. The summed E-state index contributed by atoms with van der Waals surface area (Å²) in [5.41, 5.74) is 4.87. The summed E-state index contributed by atoms with van der Waals surface area (Å²) < 4.78 is 0. The van der Waals surface area contributed by atoms with Crippen molar-refractivity contribution in [3.8, 4) is 11.1 Å². The zero-order valence-corrected chi connectivity index (χ0v) is 14.6. The van der Waals surface area contributed by atoms with Crippen LogP contribution in [0.5, 0.6) is 0 Å². The van der Waals surface area contributed by atoms with Crippen molar-refractivity contribution in [2.75, 3.05) is 0 Å². The Bertz CT molecular complexity index is 919. The van der Waals surface area contributed by atoms with E-state index in [9.17, 15) is 4.79 Å². The summed E-state index contributed by atoms with van der Waals surface area (Å²) >= 11 is 0. The van der Waals surface area contributed by atoms with E-state index < -0.39 is 0 Å². The molecule has 0 radical (unpaired) electrons. The third kappa shape index (κ3) is 3.44. The SMILES string of the molecule is Cc1nc(CNC(=O)NC2CCc3ccc(-c4ccccc4)cc32)n[nH]1. The van der Waals surface area contributed by atoms with Crippen LogP contribution < -0.4 is 10.6 Å². The molecule has 0 saturated carbocycles. The maximum absolute atomic E-state index is 12.3. The second kappa shape index (κ2) is 7.00. The lowest BCUT2D eigenvalue weighted by atomic mass is 9.99. The van der Waals surface area contributed by atoms with Crippen LogP contribution in [0.2, 0.25) is 0 Å². The van der Waals surface area contributed by atoms with Crippen LogP contribution in [-0.4, -0.2) is 21.2 Å². The molecule has 132 valence electrons. The van der Waals surface area contributed by atoms with Gasteiger partial charge in [-0.3, -0.25) is 5.10 Å². The molecule has 3 aromatic rings. The Morgan fingerprint density at radius 3 is 2.81 bits per heavy atom. The number of H-pyrrole nitrogens is 1. The molecule has 6 heteroatoms. The molecule has 26 heavy (non-hydrogen) atoms. The highest BCUT2D eigenvalue weighted by molar-refractivity contribution is 5.75. The van der Waals surface area contributed by atoms with Crippen molar-refractivity contribution < 1.29 is 4.79 Å². The molecule has 0 bridgehead atoms. The van der Waals surface area contributed by atoms with E-state index in [1.54, 1.807) is 0 Å². The van der Waals surface area contributed by atoms with Crippen molar-refractivity contribution >= 4 is 6.03 Å². The zero-order valence-electron chi connectivity index (χ0n) is 14.6. The molecule has 6 nitrogen and oxygen atoms in total. The molecule has 1 atom stereocenters. The third-order valence-electron chi connectivity index (χ3n) is 4.69. The number of amides is 2. The number of fused-ring (bicyclic) bond motifs is 1. The van der Waals surface area contributed by atoms with E-state index in [1.165, 1.54) is 22.3 Å². The number of nitrogens with one attached hydrogen (secondary N) is 3. The van der Waals surface area contributed by atoms with Crippen molar-refractivity contribution in [1.29, 1.82) is 0 Å². The molecule has 1 aliphatic rings. The number of rotatable bonds is 4. The molecular formula is C20H21N5O. The van der Waals surface area contributed by atoms with E-state index in [0.29, 0.717) is 12.4 Å². The van der Waals surface area contributed by atoms with Gasteiger partial charge in [0.2, 0.25) is 0 Å². The number of aromatic amines is 1. The van der Waals surface area contributed by atoms with Crippen LogP contribution in [0.25, 0.3) is 11.1 Å². The highest BCUT2D eigenvalue weighted by Gasteiger charge is 2.24. The fraction of sp³-hybridized carbons (Fsp3) is 0.250. The monoisotopic (exact) mass is 347 g/mol. The van der Waals surface area contributed by atoms with Crippen molar-refractivity contribution in [2.24, 2.45) is 0 Å². The van der Waals surface area contributed by atoms with E-state index in [2.05, 4.69) is 56.1 Å². The molecule has 1 aromatic heterocycles. The fourth-order valence-corrected chi connectivity index (χ4v) is 3.40. The molecule has 2 aromatic carbocycles. The first-order chi connectivity index (χ1) is 12.7. The number of carbonyl (C=O) groups is 1. The number of hydrogen-bond donors (Lipinski definition) is 3. The number of aryl methyl sites for hydroxylation is 2. The highest BCUT2D eigenvalue weighted by Crippen LogP contribution is 2.34. The Morgan fingerprint density at radius 2 is 2.04 bits per heavy atom. The molecule has 0 spiro atoms. The number of benzene rings is 2. The largest absolute Gasteiger partial charge is 0.331 e. The van der Waals surface area contributed by atoms with Crippen LogP contribution >= 0.6 is 0 Å². The predicted molar refractivity (Wildman–Crippen MR) is 99.4 cm³/mol. The molecule has 1 aliphatic carbocycles. The average molecular weight is 347 g/mol. The summed E-state index contributed by atoms with van der Waals surface area (Å²) in [5, 5.41) is 12.7. The molecule has 3 N–H and O–H groups in total. The van der Waals surface area contributed by atoms with Crippen LogP contribution in [0.3, 0.4) is 0 Å². The van der Waals surface area contributed by atoms with Gasteiger partial charge in [0.1, 0.15) is 5.82 Å². The smallest absolute Gasteiger partial charge is 0.315 e. The first-order valence-corrected chi connectivity index (χ1v) is 8.79. The van der Waals surface area contributed by atoms with Crippen molar-refractivity contribution in [3.05, 3.63) is 71.3 Å². The van der Waals surface area contributed by atoms with Gasteiger partial charge in [-0.2, -0.15) is 5.10 Å². The molecule has 2 amide bonds. The van der Waals surface area contributed by atoms with Crippen LogP contribution in [0.4, 0.5) is 4.79 Å². The summed E-state index contributed by atoms with van der Waals surface area (Å²) in [6, 6.07) is 16.7. The van der Waals surface area contributed by atoms with Crippen LogP contribution in [-0.2, 0) is 13.0 Å². The summed E-state index contributed by atoms with van der Waals surface area (Å²) in [5.74, 6) is 1.32. The van der Waals surface area contributed by atoms with Crippen LogP contribution in [0.1, 0.15) is 35.2 Å². The number of hydrogen-bond acceptors (Lipinski definition) is 3. The number of aromatic nitrogens is 3. The second-order valence-electron chi connectivity index (χ2n) is 6.53. The van der Waals surface area contributed by atoms with Crippen molar-refractivity contribution in [3.63, 3.8) is 0 Å². The molecule has 1 heterocycles. The van der Waals surface area contributed by atoms with Gasteiger partial charge in [-0.25, -0.2) is 9.78 Å². The van der Waals surface area contributed by atoms with Gasteiger partial charge < -0.3 is 10.6 Å². The number of nitrogens with zero attached hydrogens (tertiary/aromatic N) is 2. The van der Waals surface area contributed by atoms with E-state index in [1.807, 2.05) is 25.1 Å². The van der Waals surface area contributed by atoms with E-state index in [4.69, 9.17) is 0 Å². The topological polar surface area (TPSA) is 82.7 Å². The lowest BCUT2D eigenvalue weighted by molar-refractivity contribution is 0.236. The summed E-state index contributed by atoms with van der Waals surface area (Å²) in [4.78, 5) is 16.4. The highest BCUT2D eigenvalue weighted by atomic mass is 16.2. The van der Waals surface area contributed by atoms with E-state index >= 15 is 0 Å². The van der Waals surface area contributed by atoms with Gasteiger partial charge in [-0.15, -0.1) is 0 Å². The first-order valence-electron chi connectivity index (χ1n) is 8.79. The van der Waals surface area contributed by atoms with Crippen molar-refractivity contribution in [2.45, 2.75) is 32.4 Å². The van der Waals surface area contributed by atoms with Crippen molar-refractivity contribution in [1.82, 2.24) is 25.8 Å². The molecule has 0 fully saturated rings. The van der Waals surface area contributed by atoms with Gasteiger partial charge in [-0.05, 0) is 48.1 Å². The minimum absolute atomic E-state index is 0.0301. The van der Waals surface area contributed by atoms with Gasteiger partial charge in [0.15, 0.2) is 5.82 Å². The Hall–Kier alpha value is -3.15. The lowest BCUT2D eigenvalue weighted by Crippen LogP contribution is -2.37. The van der Waals surface area contributed by atoms with E-state index in [0.717, 1.165) is 18.7 Å². The van der Waals surface area contributed by atoms with Gasteiger partial charge in [-0.1, -0.05) is 42.5 Å². The second-order valence-corrected chi connectivity index (χ2v) is 6.53. The Labute approximate surface area is 152 Å². The number of urea groups is 1. The zero-order chi connectivity index (χ0) is 17.9. The normalized spacial score (nSPS) is 15.5. The number of carbonyl (C=O) groups excluding carboxylic acids is 1. The van der Waals surface area contributed by atoms with Gasteiger partial charge in [0, 0.05) is 0 Å². The third-order valence-corrected chi connectivity index (χ3v) is 4.69.